The van der Waals surface area contributed by atoms with Crippen LogP contribution < -0.4 is 15.5 Å². The fraction of sp³-hybridized carbons (Fsp3) is 0.227. The van der Waals surface area contributed by atoms with Gasteiger partial charge in [-0.25, -0.2) is 0 Å². The van der Waals surface area contributed by atoms with Crippen LogP contribution >= 0.6 is 12.2 Å². The number of nitrogens with zero attached hydrogens (tertiary/aromatic N) is 3. The Bertz CT molecular complexity index is 968. The summed E-state index contributed by atoms with van der Waals surface area (Å²) < 4.78 is 7.44. The molecule has 3 rings (SSSR count). The Morgan fingerprint density at radius 3 is 2.69 bits per heavy atom. The molecule has 0 radical (unpaired) electrons. The summed E-state index contributed by atoms with van der Waals surface area (Å²) in [7, 11) is 1.66. The molecule has 2 aromatic carbocycles. The highest BCUT2D eigenvalue weighted by Gasteiger charge is 2.14. The van der Waals surface area contributed by atoms with Crippen molar-refractivity contribution in [2.45, 2.75) is 19.9 Å². The number of rotatable bonds is 8. The zero-order valence-electron chi connectivity index (χ0n) is 16.6. The van der Waals surface area contributed by atoms with E-state index in [2.05, 4.69) is 34.9 Å². The summed E-state index contributed by atoms with van der Waals surface area (Å²) in [5, 5.41) is 12.7. The van der Waals surface area contributed by atoms with E-state index in [9.17, 15) is 0 Å². The maximum absolute atomic E-state index is 5.53. The average molecular weight is 408 g/mol. The molecule has 0 spiro atoms. The molecular formula is C22H25N5OS. The molecule has 0 saturated carbocycles. The lowest BCUT2D eigenvalue weighted by atomic mass is 10.1. The molecule has 0 fully saturated rings. The van der Waals surface area contributed by atoms with E-state index in [1.165, 1.54) is 5.56 Å². The molecule has 0 bridgehead atoms. The summed E-state index contributed by atoms with van der Waals surface area (Å²) in [5.41, 5.74) is 6.61. The second-order valence-electron chi connectivity index (χ2n) is 6.44. The van der Waals surface area contributed by atoms with Gasteiger partial charge in [0.15, 0.2) is 5.11 Å². The van der Waals surface area contributed by atoms with E-state index in [0.717, 1.165) is 35.5 Å². The monoisotopic (exact) mass is 407 g/mol. The van der Waals surface area contributed by atoms with Gasteiger partial charge in [0.1, 0.15) is 11.4 Å². The first-order valence-corrected chi connectivity index (χ1v) is 9.93. The second-order valence-corrected chi connectivity index (χ2v) is 6.85. The molecule has 6 nitrogen and oxygen atoms in total. The topological polar surface area (TPSA) is 63.5 Å². The SMILES string of the molecule is CCCNC(=S)N/N=C\c1cn(Cc2ccccc2)nc1-c1ccccc1OC. The minimum absolute atomic E-state index is 0.499. The summed E-state index contributed by atoms with van der Waals surface area (Å²) >= 11 is 5.22. The predicted molar refractivity (Wildman–Crippen MR) is 121 cm³/mol. The Morgan fingerprint density at radius 2 is 1.93 bits per heavy atom. The lowest BCUT2D eigenvalue weighted by Crippen LogP contribution is -2.32. The van der Waals surface area contributed by atoms with E-state index < -0.39 is 0 Å². The molecule has 0 saturated heterocycles. The van der Waals surface area contributed by atoms with Crippen LogP contribution in [0.5, 0.6) is 5.75 Å². The van der Waals surface area contributed by atoms with Gasteiger partial charge in [-0.15, -0.1) is 0 Å². The van der Waals surface area contributed by atoms with Crippen molar-refractivity contribution in [1.29, 1.82) is 0 Å². The van der Waals surface area contributed by atoms with Crippen molar-refractivity contribution in [1.82, 2.24) is 20.5 Å². The van der Waals surface area contributed by atoms with Gasteiger partial charge in [0.05, 0.1) is 19.9 Å². The maximum Gasteiger partial charge on any atom is 0.186 e. The van der Waals surface area contributed by atoms with Crippen molar-refractivity contribution in [2.75, 3.05) is 13.7 Å². The molecule has 2 N–H and O–H groups in total. The van der Waals surface area contributed by atoms with Gasteiger partial charge in [-0.3, -0.25) is 10.1 Å². The van der Waals surface area contributed by atoms with Crippen molar-refractivity contribution in [3.63, 3.8) is 0 Å². The third-order valence-electron chi connectivity index (χ3n) is 4.24. The molecule has 0 atom stereocenters. The van der Waals surface area contributed by atoms with Gasteiger partial charge in [0.25, 0.3) is 0 Å². The summed E-state index contributed by atoms with van der Waals surface area (Å²) in [4.78, 5) is 0. The number of hydrazone groups is 1. The van der Waals surface area contributed by atoms with Crippen LogP contribution in [0.3, 0.4) is 0 Å². The van der Waals surface area contributed by atoms with E-state index in [1.54, 1.807) is 13.3 Å². The summed E-state index contributed by atoms with van der Waals surface area (Å²) in [6, 6.07) is 18.0. The Hall–Kier alpha value is -3.19. The number of aromatic nitrogens is 2. The molecular weight excluding hydrogens is 382 g/mol. The molecule has 0 aliphatic rings. The van der Waals surface area contributed by atoms with E-state index in [1.807, 2.05) is 53.3 Å². The minimum atomic E-state index is 0.499. The van der Waals surface area contributed by atoms with Crippen LogP contribution in [0.15, 0.2) is 65.9 Å². The number of thiocarbonyl (C=S) groups is 1. The Morgan fingerprint density at radius 1 is 1.17 bits per heavy atom. The Labute approximate surface area is 176 Å². The lowest BCUT2D eigenvalue weighted by Gasteiger charge is -2.07. The number of para-hydroxylation sites is 1. The first kappa shape index (κ1) is 20.5. The average Bonchev–Trinajstić information content (AvgIpc) is 3.15. The highest BCUT2D eigenvalue weighted by atomic mass is 32.1. The standard InChI is InChI=1S/C22H25N5OS/c1-3-13-23-22(29)25-24-14-18-16-27(15-17-9-5-4-6-10-17)26-21(18)19-11-7-8-12-20(19)28-2/h4-12,14,16H,3,13,15H2,1-2H3,(H2,23,25,29)/b24-14-. The smallest absolute Gasteiger partial charge is 0.186 e. The summed E-state index contributed by atoms with van der Waals surface area (Å²) in [5.74, 6) is 0.764. The van der Waals surface area contributed by atoms with Gasteiger partial charge in [0.2, 0.25) is 0 Å². The van der Waals surface area contributed by atoms with E-state index >= 15 is 0 Å². The summed E-state index contributed by atoms with van der Waals surface area (Å²) in [6.07, 6.45) is 4.70. The molecule has 0 aliphatic heterocycles. The second kappa shape index (κ2) is 10.4. The number of nitrogens with one attached hydrogen (secondary N) is 2. The van der Waals surface area contributed by atoms with Gasteiger partial charge < -0.3 is 10.1 Å². The van der Waals surface area contributed by atoms with Crippen LogP contribution in [0.1, 0.15) is 24.5 Å². The molecule has 0 aliphatic carbocycles. The maximum atomic E-state index is 5.53. The predicted octanol–water partition coefficient (Wildman–Crippen LogP) is 3.82. The number of hydrogen-bond acceptors (Lipinski definition) is 4. The van der Waals surface area contributed by atoms with E-state index in [4.69, 9.17) is 22.1 Å². The van der Waals surface area contributed by atoms with Gasteiger partial charge in [-0.05, 0) is 36.3 Å². The van der Waals surface area contributed by atoms with Gasteiger partial charge >= 0.3 is 0 Å². The molecule has 0 amide bonds. The quantitative estimate of drug-likeness (QED) is 0.338. The molecule has 1 aromatic heterocycles. The third kappa shape index (κ3) is 5.65. The first-order valence-electron chi connectivity index (χ1n) is 9.53. The zero-order valence-corrected chi connectivity index (χ0v) is 17.4. The van der Waals surface area contributed by atoms with Gasteiger partial charge in [-0.2, -0.15) is 10.2 Å². The Kier molecular flexibility index (Phi) is 7.35. The molecule has 29 heavy (non-hydrogen) atoms. The Balaban J connectivity index is 1.89. The van der Waals surface area contributed by atoms with Gasteiger partial charge in [-0.1, -0.05) is 49.4 Å². The third-order valence-corrected chi connectivity index (χ3v) is 4.48. The number of ether oxygens (including phenoxy) is 1. The normalized spacial score (nSPS) is 10.8. The van der Waals surface area contributed by atoms with Crippen molar-refractivity contribution < 1.29 is 4.74 Å². The molecule has 0 unspecified atom stereocenters. The molecule has 150 valence electrons. The molecule has 3 aromatic rings. The van der Waals surface area contributed by atoms with Crippen LogP contribution in [0.2, 0.25) is 0 Å². The molecule has 7 heteroatoms. The van der Waals surface area contributed by atoms with Crippen molar-refractivity contribution in [3.8, 4) is 17.0 Å². The zero-order chi connectivity index (χ0) is 20.5. The fourth-order valence-corrected chi connectivity index (χ4v) is 3.03. The van der Waals surface area contributed by atoms with Crippen LogP contribution in [0.4, 0.5) is 0 Å². The summed E-state index contributed by atoms with van der Waals surface area (Å²) in [6.45, 7) is 3.56. The van der Waals surface area contributed by atoms with Crippen molar-refractivity contribution >= 4 is 23.5 Å². The largest absolute Gasteiger partial charge is 0.496 e. The van der Waals surface area contributed by atoms with Gasteiger partial charge in [0, 0.05) is 23.9 Å². The fourth-order valence-electron chi connectivity index (χ4n) is 2.87. The van der Waals surface area contributed by atoms with Crippen LogP contribution in [-0.4, -0.2) is 34.8 Å². The highest BCUT2D eigenvalue weighted by molar-refractivity contribution is 7.80. The number of hydrogen-bond donors (Lipinski definition) is 2. The minimum Gasteiger partial charge on any atom is -0.496 e. The lowest BCUT2D eigenvalue weighted by molar-refractivity contribution is 0.416. The number of methoxy groups -OCH3 is 1. The van der Waals surface area contributed by atoms with Crippen LogP contribution in [-0.2, 0) is 6.54 Å². The highest BCUT2D eigenvalue weighted by Crippen LogP contribution is 2.30. The van der Waals surface area contributed by atoms with Crippen LogP contribution in [0.25, 0.3) is 11.3 Å². The number of benzene rings is 2. The molecule has 1 heterocycles. The van der Waals surface area contributed by atoms with E-state index in [0.29, 0.717) is 11.7 Å². The first-order chi connectivity index (χ1) is 14.2. The van der Waals surface area contributed by atoms with E-state index in [-0.39, 0.29) is 0 Å². The van der Waals surface area contributed by atoms with Crippen molar-refractivity contribution in [3.05, 3.63) is 71.9 Å². The van der Waals surface area contributed by atoms with Crippen molar-refractivity contribution in [2.24, 2.45) is 5.10 Å². The van der Waals surface area contributed by atoms with Crippen LogP contribution in [0, 0.1) is 0 Å².